The molecule has 126 valence electrons. The molecule has 0 aliphatic carbocycles. The van der Waals surface area contributed by atoms with Crippen LogP contribution in [0.25, 0.3) is 0 Å². The van der Waals surface area contributed by atoms with Crippen molar-refractivity contribution in [2.75, 3.05) is 5.32 Å². The minimum Gasteiger partial charge on any atom is -0.507 e. The van der Waals surface area contributed by atoms with Gasteiger partial charge in [0.25, 0.3) is 5.91 Å². The van der Waals surface area contributed by atoms with E-state index < -0.39 is 5.91 Å². The van der Waals surface area contributed by atoms with Crippen molar-refractivity contribution >= 4 is 23.2 Å². The number of amides is 1. The topological polar surface area (TPSA) is 58.6 Å². The number of carbonyl (C=O) groups is 1. The molecule has 3 aromatic carbocycles. The second kappa shape index (κ2) is 7.73. The molecule has 0 unspecified atom stereocenters. The van der Waals surface area contributed by atoms with Crippen molar-refractivity contribution in [3.8, 4) is 11.5 Å². The fraction of sp³-hybridized carbons (Fsp3) is 0.0500. The van der Waals surface area contributed by atoms with Crippen LogP contribution in [0.5, 0.6) is 11.5 Å². The van der Waals surface area contributed by atoms with Crippen molar-refractivity contribution in [2.45, 2.75) is 6.61 Å². The first-order valence-electron chi connectivity index (χ1n) is 7.68. The van der Waals surface area contributed by atoms with E-state index in [2.05, 4.69) is 5.32 Å². The quantitative estimate of drug-likeness (QED) is 0.687. The lowest BCUT2D eigenvalue weighted by Crippen LogP contribution is -2.12. The number of carbonyl (C=O) groups excluding carboxylic acids is 1. The summed E-state index contributed by atoms with van der Waals surface area (Å²) in [6.45, 7) is 0.311. The lowest BCUT2D eigenvalue weighted by atomic mass is 10.1. The number of hydrogen-bond donors (Lipinski definition) is 2. The molecule has 4 nitrogen and oxygen atoms in total. The number of hydrogen-bond acceptors (Lipinski definition) is 3. The second-order valence-corrected chi connectivity index (χ2v) is 5.85. The van der Waals surface area contributed by atoms with Gasteiger partial charge in [0.15, 0.2) is 0 Å². The first-order chi connectivity index (χ1) is 12.1. The summed E-state index contributed by atoms with van der Waals surface area (Å²) in [5.74, 6) is -0.0311. The number of phenolic OH excluding ortho intramolecular Hbond substituents is 1. The number of nitrogens with one attached hydrogen (secondary N) is 1. The van der Waals surface area contributed by atoms with Crippen molar-refractivity contribution in [3.05, 3.63) is 88.9 Å². The average Bonchev–Trinajstić information content (AvgIpc) is 2.62. The third-order valence-electron chi connectivity index (χ3n) is 3.54. The fourth-order valence-corrected chi connectivity index (χ4v) is 2.51. The average molecular weight is 354 g/mol. The lowest BCUT2D eigenvalue weighted by molar-refractivity contribution is 0.102. The van der Waals surface area contributed by atoms with Crippen molar-refractivity contribution in [1.29, 1.82) is 0 Å². The van der Waals surface area contributed by atoms with Gasteiger partial charge in [-0.15, -0.1) is 0 Å². The minimum atomic E-state index is -0.406. The van der Waals surface area contributed by atoms with Gasteiger partial charge in [0.1, 0.15) is 18.1 Å². The second-order valence-electron chi connectivity index (χ2n) is 5.42. The molecule has 0 saturated heterocycles. The third kappa shape index (κ3) is 4.52. The maximum atomic E-state index is 12.4. The predicted molar refractivity (Wildman–Crippen MR) is 98.3 cm³/mol. The predicted octanol–water partition coefficient (Wildman–Crippen LogP) is 4.88. The van der Waals surface area contributed by atoms with Gasteiger partial charge in [0, 0.05) is 10.7 Å². The number of phenols is 1. The number of rotatable bonds is 5. The normalized spacial score (nSPS) is 10.3. The minimum absolute atomic E-state index is 0.108. The third-order valence-corrected chi connectivity index (χ3v) is 3.77. The summed E-state index contributed by atoms with van der Waals surface area (Å²) in [6.07, 6.45) is 0. The van der Waals surface area contributed by atoms with E-state index in [0.29, 0.717) is 23.1 Å². The zero-order chi connectivity index (χ0) is 17.6. The number of ether oxygens (including phenoxy) is 1. The number of aromatic hydroxyl groups is 1. The van der Waals surface area contributed by atoms with Gasteiger partial charge in [-0.05, 0) is 48.0 Å². The van der Waals surface area contributed by atoms with Gasteiger partial charge in [-0.2, -0.15) is 0 Å². The molecule has 3 aromatic rings. The largest absolute Gasteiger partial charge is 0.507 e. The van der Waals surface area contributed by atoms with Crippen molar-refractivity contribution in [1.82, 2.24) is 0 Å². The Bertz CT molecular complexity index is 881. The highest BCUT2D eigenvalue weighted by molar-refractivity contribution is 6.30. The van der Waals surface area contributed by atoms with Crippen LogP contribution in [-0.2, 0) is 6.61 Å². The van der Waals surface area contributed by atoms with Crippen molar-refractivity contribution in [2.24, 2.45) is 0 Å². The van der Waals surface area contributed by atoms with Crippen LogP contribution in [0, 0.1) is 0 Å². The van der Waals surface area contributed by atoms with E-state index in [9.17, 15) is 9.90 Å². The Kier molecular flexibility index (Phi) is 5.21. The summed E-state index contributed by atoms with van der Waals surface area (Å²) in [4.78, 5) is 12.4. The molecule has 5 heteroatoms. The Balaban J connectivity index is 1.72. The van der Waals surface area contributed by atoms with Crippen LogP contribution in [0.15, 0.2) is 72.8 Å². The summed E-state index contributed by atoms with van der Waals surface area (Å²) < 4.78 is 5.69. The number of para-hydroxylation sites is 1. The molecule has 1 amide bonds. The van der Waals surface area contributed by atoms with E-state index >= 15 is 0 Å². The van der Waals surface area contributed by atoms with E-state index in [-0.39, 0.29) is 11.3 Å². The Hall–Kier alpha value is -2.98. The Labute approximate surface area is 150 Å². The number of anilines is 1. The molecule has 0 spiro atoms. The molecular weight excluding hydrogens is 338 g/mol. The van der Waals surface area contributed by atoms with Gasteiger partial charge in [0.05, 0.1) is 5.56 Å². The van der Waals surface area contributed by atoms with Crippen LogP contribution < -0.4 is 10.1 Å². The summed E-state index contributed by atoms with van der Waals surface area (Å²) in [6, 6.07) is 20.9. The van der Waals surface area contributed by atoms with Gasteiger partial charge in [-0.25, -0.2) is 0 Å². The van der Waals surface area contributed by atoms with E-state index in [4.69, 9.17) is 16.3 Å². The van der Waals surface area contributed by atoms with Crippen molar-refractivity contribution in [3.63, 3.8) is 0 Å². The van der Waals surface area contributed by atoms with E-state index in [1.54, 1.807) is 24.3 Å². The zero-order valence-corrected chi connectivity index (χ0v) is 14.0. The first-order valence-corrected chi connectivity index (χ1v) is 8.06. The molecule has 25 heavy (non-hydrogen) atoms. The summed E-state index contributed by atoms with van der Waals surface area (Å²) in [5.41, 5.74) is 1.71. The van der Waals surface area contributed by atoms with E-state index in [1.807, 2.05) is 36.4 Å². The molecule has 0 radical (unpaired) electrons. The van der Waals surface area contributed by atoms with Gasteiger partial charge in [0.2, 0.25) is 0 Å². The number of benzene rings is 3. The molecule has 2 N–H and O–H groups in total. The Morgan fingerprint density at radius 3 is 2.56 bits per heavy atom. The van der Waals surface area contributed by atoms with E-state index in [1.165, 1.54) is 12.1 Å². The molecule has 0 fully saturated rings. The Morgan fingerprint density at radius 2 is 1.80 bits per heavy atom. The van der Waals surface area contributed by atoms with Gasteiger partial charge in [-0.1, -0.05) is 41.9 Å². The SMILES string of the molecule is O=C(Nc1ccccc1)c1cc(OCc2cccc(Cl)c2)ccc1O. The van der Waals surface area contributed by atoms with E-state index in [0.717, 1.165) is 5.56 Å². The smallest absolute Gasteiger partial charge is 0.259 e. The zero-order valence-electron chi connectivity index (χ0n) is 13.3. The summed E-state index contributed by atoms with van der Waals surface area (Å²) in [7, 11) is 0. The maximum absolute atomic E-state index is 12.4. The van der Waals surface area contributed by atoms with Crippen LogP contribution in [0.2, 0.25) is 5.02 Å². The van der Waals surface area contributed by atoms with Crippen LogP contribution >= 0.6 is 11.6 Å². The fourth-order valence-electron chi connectivity index (χ4n) is 2.30. The standard InChI is InChI=1S/C20H16ClNO3/c21-15-6-4-5-14(11-15)13-25-17-9-10-19(23)18(12-17)20(24)22-16-7-2-1-3-8-16/h1-12,23H,13H2,(H,22,24). The van der Waals surface area contributed by atoms with Crippen molar-refractivity contribution < 1.29 is 14.6 Å². The highest BCUT2D eigenvalue weighted by Crippen LogP contribution is 2.25. The maximum Gasteiger partial charge on any atom is 0.259 e. The number of halogens is 1. The first kappa shape index (κ1) is 16.9. The van der Waals surface area contributed by atoms with Gasteiger partial charge >= 0.3 is 0 Å². The molecule has 0 bridgehead atoms. The highest BCUT2D eigenvalue weighted by atomic mass is 35.5. The van der Waals surface area contributed by atoms with Gasteiger partial charge in [-0.3, -0.25) is 4.79 Å². The molecule has 0 saturated carbocycles. The van der Waals surface area contributed by atoms with Gasteiger partial charge < -0.3 is 15.2 Å². The molecular formula is C20H16ClNO3. The monoisotopic (exact) mass is 353 g/mol. The Morgan fingerprint density at radius 1 is 1.00 bits per heavy atom. The molecule has 0 aliphatic rings. The highest BCUT2D eigenvalue weighted by Gasteiger charge is 2.13. The summed E-state index contributed by atoms with van der Waals surface area (Å²) >= 11 is 5.95. The molecule has 0 aromatic heterocycles. The molecule has 0 heterocycles. The molecule has 3 rings (SSSR count). The summed E-state index contributed by atoms with van der Waals surface area (Å²) in [5, 5.41) is 13.3. The molecule has 0 atom stereocenters. The van der Waals surface area contributed by atoms with Crippen LogP contribution in [0.3, 0.4) is 0 Å². The molecule has 0 aliphatic heterocycles. The van der Waals surface area contributed by atoms with Crippen LogP contribution in [0.4, 0.5) is 5.69 Å². The van der Waals surface area contributed by atoms with Crippen LogP contribution in [0.1, 0.15) is 15.9 Å². The van der Waals surface area contributed by atoms with Crippen LogP contribution in [-0.4, -0.2) is 11.0 Å². The lowest BCUT2D eigenvalue weighted by Gasteiger charge is -2.10.